The van der Waals surface area contributed by atoms with Gasteiger partial charge in [-0.25, -0.2) is 10.9 Å². The number of halogens is 1. The second-order valence-electron chi connectivity index (χ2n) is 8.16. The third kappa shape index (κ3) is 4.68. The zero-order valence-electron chi connectivity index (χ0n) is 17.6. The van der Waals surface area contributed by atoms with Gasteiger partial charge in [0.25, 0.3) is 0 Å². The fraction of sp³-hybridized carbons (Fsp3) is 0.348. The van der Waals surface area contributed by atoms with Crippen LogP contribution in [0.15, 0.2) is 59.1 Å². The Morgan fingerprint density at radius 1 is 1.03 bits per heavy atom. The Morgan fingerprint density at radius 2 is 1.78 bits per heavy atom. The average Bonchev–Trinajstić information content (AvgIpc) is 3.51. The number of piperazine rings is 1. The van der Waals surface area contributed by atoms with Crippen molar-refractivity contribution in [3.8, 4) is 11.4 Å². The molecule has 3 heterocycles. The summed E-state index contributed by atoms with van der Waals surface area (Å²) < 4.78 is 5.43. The van der Waals surface area contributed by atoms with Crippen LogP contribution in [0.5, 0.6) is 0 Å². The van der Waals surface area contributed by atoms with Gasteiger partial charge in [-0.3, -0.25) is 9.69 Å². The summed E-state index contributed by atoms with van der Waals surface area (Å²) in [5.41, 5.74) is 8.50. The molecule has 0 saturated carbocycles. The fourth-order valence-corrected chi connectivity index (χ4v) is 4.32. The largest absolute Gasteiger partial charge is 0.339 e. The van der Waals surface area contributed by atoms with Crippen molar-refractivity contribution in [2.45, 2.75) is 25.0 Å². The summed E-state index contributed by atoms with van der Waals surface area (Å²) in [6.45, 7) is 3.48. The average molecular weight is 453 g/mol. The summed E-state index contributed by atoms with van der Waals surface area (Å²) in [5, 5.41) is 4.74. The summed E-state index contributed by atoms with van der Waals surface area (Å²) in [6, 6.07) is 17.5. The van der Waals surface area contributed by atoms with E-state index >= 15 is 0 Å². The van der Waals surface area contributed by atoms with E-state index in [0.29, 0.717) is 36.4 Å². The third-order valence-corrected chi connectivity index (χ3v) is 6.27. The van der Waals surface area contributed by atoms with E-state index in [9.17, 15) is 4.79 Å². The number of carbonyl (C=O) groups excluding carboxylic acids is 1. The van der Waals surface area contributed by atoms with Crippen LogP contribution in [0.2, 0.25) is 5.02 Å². The predicted molar refractivity (Wildman–Crippen MR) is 120 cm³/mol. The Bertz CT molecular complexity index is 1050. The lowest BCUT2D eigenvalue weighted by molar-refractivity contribution is -0.135. The minimum Gasteiger partial charge on any atom is -0.339 e. The quantitative estimate of drug-likeness (QED) is 0.615. The highest BCUT2D eigenvalue weighted by atomic mass is 35.5. The molecule has 2 N–H and O–H groups in total. The van der Waals surface area contributed by atoms with Gasteiger partial charge in [0.05, 0.1) is 6.54 Å². The maximum Gasteiger partial charge on any atom is 0.241 e. The standard InChI is InChI=1S/C23H25ClN6O2/c24-18-8-6-17(7-9-18)22-25-21(32-28-22)15-29-10-12-30(13-11-29)23(31)20-14-19(26-27-20)16-4-2-1-3-5-16/h1-9,19-20,26-27H,10-15H2. The van der Waals surface area contributed by atoms with Gasteiger partial charge in [-0.2, -0.15) is 4.98 Å². The molecule has 3 aromatic rings. The zero-order chi connectivity index (χ0) is 21.9. The summed E-state index contributed by atoms with van der Waals surface area (Å²) in [4.78, 5) is 21.7. The maximum atomic E-state index is 13.0. The topological polar surface area (TPSA) is 86.5 Å². The van der Waals surface area contributed by atoms with Crippen molar-refractivity contribution in [3.05, 3.63) is 71.1 Å². The number of hydrazine groups is 1. The molecule has 5 rings (SSSR count). The Hall–Kier alpha value is -2.78. The molecule has 2 saturated heterocycles. The van der Waals surface area contributed by atoms with Gasteiger partial charge in [-0.1, -0.05) is 47.1 Å². The van der Waals surface area contributed by atoms with Crippen LogP contribution in [0.25, 0.3) is 11.4 Å². The van der Waals surface area contributed by atoms with E-state index in [1.807, 2.05) is 35.2 Å². The molecule has 0 aliphatic carbocycles. The normalized spacial score (nSPS) is 21.7. The summed E-state index contributed by atoms with van der Waals surface area (Å²) in [5.74, 6) is 1.28. The van der Waals surface area contributed by atoms with Crippen LogP contribution < -0.4 is 10.9 Å². The highest BCUT2D eigenvalue weighted by molar-refractivity contribution is 6.30. The monoisotopic (exact) mass is 452 g/mol. The van der Waals surface area contributed by atoms with E-state index in [2.05, 4.69) is 38.0 Å². The maximum absolute atomic E-state index is 13.0. The Balaban J connectivity index is 1.11. The van der Waals surface area contributed by atoms with Gasteiger partial charge in [0.2, 0.25) is 17.6 Å². The fourth-order valence-electron chi connectivity index (χ4n) is 4.20. The predicted octanol–water partition coefficient (Wildman–Crippen LogP) is 2.64. The molecule has 0 spiro atoms. The molecule has 0 bridgehead atoms. The number of carbonyl (C=O) groups is 1. The number of rotatable bonds is 5. The zero-order valence-corrected chi connectivity index (χ0v) is 18.3. The van der Waals surface area contributed by atoms with E-state index < -0.39 is 0 Å². The Morgan fingerprint density at radius 3 is 2.53 bits per heavy atom. The lowest BCUT2D eigenvalue weighted by atomic mass is 10.0. The minimum absolute atomic E-state index is 0.151. The smallest absolute Gasteiger partial charge is 0.241 e. The van der Waals surface area contributed by atoms with Crippen LogP contribution in [0.4, 0.5) is 0 Å². The molecule has 2 aliphatic rings. The highest BCUT2D eigenvalue weighted by Crippen LogP contribution is 2.23. The highest BCUT2D eigenvalue weighted by Gasteiger charge is 2.34. The first-order valence-electron chi connectivity index (χ1n) is 10.8. The van der Waals surface area contributed by atoms with E-state index in [4.69, 9.17) is 16.1 Å². The molecule has 8 nitrogen and oxygen atoms in total. The van der Waals surface area contributed by atoms with Crippen molar-refractivity contribution in [2.24, 2.45) is 0 Å². The van der Waals surface area contributed by atoms with Gasteiger partial charge in [-0.15, -0.1) is 0 Å². The van der Waals surface area contributed by atoms with E-state index in [1.165, 1.54) is 5.56 Å². The molecule has 1 amide bonds. The van der Waals surface area contributed by atoms with Crippen LogP contribution in [-0.4, -0.2) is 58.1 Å². The molecule has 32 heavy (non-hydrogen) atoms. The number of benzene rings is 2. The Kier molecular flexibility index (Phi) is 6.18. The van der Waals surface area contributed by atoms with Gasteiger partial charge in [-0.05, 0) is 36.2 Å². The SMILES string of the molecule is O=C(C1CC(c2ccccc2)NN1)N1CCN(Cc2nc(-c3ccc(Cl)cc3)no2)CC1. The second kappa shape index (κ2) is 9.38. The summed E-state index contributed by atoms with van der Waals surface area (Å²) in [6.07, 6.45) is 0.749. The van der Waals surface area contributed by atoms with Crippen molar-refractivity contribution >= 4 is 17.5 Å². The van der Waals surface area contributed by atoms with Crippen LogP contribution in [-0.2, 0) is 11.3 Å². The molecule has 2 unspecified atom stereocenters. The first-order chi connectivity index (χ1) is 15.7. The van der Waals surface area contributed by atoms with Gasteiger partial charge < -0.3 is 9.42 Å². The molecule has 0 radical (unpaired) electrons. The molecular formula is C23H25ClN6O2. The first kappa shape index (κ1) is 21.1. The van der Waals surface area contributed by atoms with Crippen molar-refractivity contribution < 1.29 is 9.32 Å². The van der Waals surface area contributed by atoms with E-state index in [0.717, 1.165) is 25.1 Å². The number of amides is 1. The van der Waals surface area contributed by atoms with Crippen LogP contribution in [0.3, 0.4) is 0 Å². The lowest BCUT2D eigenvalue weighted by Gasteiger charge is -2.35. The molecule has 2 aromatic carbocycles. The number of hydrogen-bond acceptors (Lipinski definition) is 7. The summed E-state index contributed by atoms with van der Waals surface area (Å²) in [7, 11) is 0. The van der Waals surface area contributed by atoms with Gasteiger partial charge in [0.15, 0.2) is 0 Å². The van der Waals surface area contributed by atoms with Crippen molar-refractivity contribution in [1.29, 1.82) is 0 Å². The van der Waals surface area contributed by atoms with Crippen molar-refractivity contribution in [3.63, 3.8) is 0 Å². The molecule has 9 heteroatoms. The molecule has 2 aliphatic heterocycles. The van der Waals surface area contributed by atoms with Gasteiger partial charge in [0.1, 0.15) is 6.04 Å². The first-order valence-corrected chi connectivity index (χ1v) is 11.2. The lowest BCUT2D eigenvalue weighted by Crippen LogP contribution is -2.53. The minimum atomic E-state index is -0.204. The van der Waals surface area contributed by atoms with Gasteiger partial charge in [0, 0.05) is 42.8 Å². The molecular weight excluding hydrogens is 428 g/mol. The molecule has 2 fully saturated rings. The number of nitrogens with one attached hydrogen (secondary N) is 2. The second-order valence-corrected chi connectivity index (χ2v) is 8.60. The summed E-state index contributed by atoms with van der Waals surface area (Å²) >= 11 is 5.94. The van der Waals surface area contributed by atoms with Crippen molar-refractivity contribution in [2.75, 3.05) is 26.2 Å². The number of aromatic nitrogens is 2. The van der Waals surface area contributed by atoms with Crippen LogP contribution in [0, 0.1) is 0 Å². The Labute approximate surface area is 191 Å². The van der Waals surface area contributed by atoms with Gasteiger partial charge >= 0.3 is 0 Å². The molecule has 166 valence electrons. The number of hydrogen-bond donors (Lipinski definition) is 2. The molecule has 2 atom stereocenters. The van der Waals surface area contributed by atoms with Crippen LogP contribution in [0.1, 0.15) is 23.9 Å². The van der Waals surface area contributed by atoms with E-state index in [1.54, 1.807) is 12.1 Å². The van der Waals surface area contributed by atoms with Crippen molar-refractivity contribution in [1.82, 2.24) is 30.8 Å². The molecule has 1 aromatic heterocycles. The van der Waals surface area contributed by atoms with E-state index in [-0.39, 0.29) is 18.0 Å². The van der Waals surface area contributed by atoms with Crippen LogP contribution >= 0.6 is 11.6 Å². The third-order valence-electron chi connectivity index (χ3n) is 6.02. The number of nitrogens with zero attached hydrogens (tertiary/aromatic N) is 4.